The van der Waals surface area contributed by atoms with Crippen molar-refractivity contribution in [2.45, 2.75) is 37.8 Å². The number of nitrogens with one attached hydrogen (secondary N) is 1. The number of rotatable bonds is 2. The molecule has 0 spiro atoms. The van der Waals surface area contributed by atoms with Crippen LogP contribution in [0.3, 0.4) is 0 Å². The van der Waals surface area contributed by atoms with Crippen molar-refractivity contribution in [2.24, 2.45) is 0 Å². The Bertz CT molecular complexity index is 393. The van der Waals surface area contributed by atoms with E-state index in [0.29, 0.717) is 12.1 Å². The highest BCUT2D eigenvalue weighted by molar-refractivity contribution is 5.52. The van der Waals surface area contributed by atoms with E-state index in [4.69, 9.17) is 5.73 Å². The molecule has 3 heterocycles. The standard InChI is InChI=1S/C13H20N4/c14-10-7-11(9-15-8-10)16-12-4-6-17-5-2-1-3-13(12)17/h7-9,12-13,16H,1-6,14H2. The fourth-order valence-electron chi connectivity index (χ4n) is 3.17. The summed E-state index contributed by atoms with van der Waals surface area (Å²) in [5, 5.41) is 3.60. The number of nitrogens with two attached hydrogens (primary N) is 1. The number of anilines is 2. The summed E-state index contributed by atoms with van der Waals surface area (Å²) in [5.41, 5.74) is 7.54. The predicted octanol–water partition coefficient (Wildman–Crippen LogP) is 1.70. The van der Waals surface area contributed by atoms with Gasteiger partial charge in [0.2, 0.25) is 0 Å². The Balaban J connectivity index is 1.69. The van der Waals surface area contributed by atoms with E-state index >= 15 is 0 Å². The van der Waals surface area contributed by atoms with Gasteiger partial charge in [-0.25, -0.2) is 0 Å². The Hall–Kier alpha value is -1.29. The van der Waals surface area contributed by atoms with Crippen LogP contribution in [0, 0.1) is 0 Å². The number of hydrogen-bond donors (Lipinski definition) is 2. The Morgan fingerprint density at radius 3 is 3.06 bits per heavy atom. The highest BCUT2D eigenvalue weighted by Gasteiger charge is 2.35. The lowest BCUT2D eigenvalue weighted by molar-refractivity contribution is 0.193. The average molecular weight is 232 g/mol. The van der Waals surface area contributed by atoms with E-state index in [1.165, 1.54) is 38.8 Å². The van der Waals surface area contributed by atoms with Gasteiger partial charge in [-0.1, -0.05) is 6.42 Å². The third-order valence-electron chi connectivity index (χ3n) is 3.97. The molecule has 4 heteroatoms. The molecule has 4 nitrogen and oxygen atoms in total. The third kappa shape index (κ3) is 2.22. The molecule has 0 radical (unpaired) electrons. The summed E-state index contributed by atoms with van der Waals surface area (Å²) in [7, 11) is 0. The highest BCUT2D eigenvalue weighted by Crippen LogP contribution is 2.29. The minimum Gasteiger partial charge on any atom is -0.397 e. The van der Waals surface area contributed by atoms with Crippen LogP contribution in [0.2, 0.25) is 0 Å². The van der Waals surface area contributed by atoms with Crippen LogP contribution in [0.1, 0.15) is 25.7 Å². The molecule has 2 fully saturated rings. The lowest BCUT2D eigenvalue weighted by atomic mass is 9.99. The van der Waals surface area contributed by atoms with Crippen molar-refractivity contribution < 1.29 is 0 Å². The van der Waals surface area contributed by atoms with Crippen LogP contribution >= 0.6 is 0 Å². The van der Waals surface area contributed by atoms with Gasteiger partial charge in [0.05, 0.1) is 17.6 Å². The molecular weight excluding hydrogens is 212 g/mol. The molecule has 2 aliphatic heterocycles. The largest absolute Gasteiger partial charge is 0.397 e. The topological polar surface area (TPSA) is 54.2 Å². The number of piperidine rings is 1. The van der Waals surface area contributed by atoms with Gasteiger partial charge in [0.1, 0.15) is 0 Å². The van der Waals surface area contributed by atoms with Gasteiger partial charge in [0.25, 0.3) is 0 Å². The number of nitrogen functional groups attached to an aromatic ring is 1. The number of pyridine rings is 1. The third-order valence-corrected chi connectivity index (χ3v) is 3.97. The second-order valence-electron chi connectivity index (χ2n) is 5.15. The molecule has 92 valence electrons. The zero-order chi connectivity index (χ0) is 11.7. The predicted molar refractivity (Wildman–Crippen MR) is 69.9 cm³/mol. The molecule has 0 saturated carbocycles. The molecule has 1 aromatic heterocycles. The minimum absolute atomic E-state index is 0.568. The Morgan fingerprint density at radius 2 is 2.18 bits per heavy atom. The van der Waals surface area contributed by atoms with Gasteiger partial charge in [-0.05, 0) is 31.9 Å². The molecule has 0 bridgehead atoms. The van der Waals surface area contributed by atoms with Crippen LogP contribution in [0.5, 0.6) is 0 Å². The van der Waals surface area contributed by atoms with Gasteiger partial charge in [0.15, 0.2) is 0 Å². The number of nitrogens with zero attached hydrogens (tertiary/aromatic N) is 2. The quantitative estimate of drug-likeness (QED) is 0.815. The molecule has 0 aromatic carbocycles. The van der Waals surface area contributed by atoms with E-state index in [9.17, 15) is 0 Å². The number of aromatic nitrogens is 1. The van der Waals surface area contributed by atoms with Crippen LogP contribution in [0.25, 0.3) is 0 Å². The van der Waals surface area contributed by atoms with E-state index in [2.05, 4.69) is 15.2 Å². The van der Waals surface area contributed by atoms with Crippen LogP contribution in [-0.2, 0) is 0 Å². The first kappa shape index (κ1) is 10.8. The monoisotopic (exact) mass is 232 g/mol. The Kier molecular flexibility index (Phi) is 2.89. The van der Waals surface area contributed by atoms with Crippen molar-refractivity contribution in [2.75, 3.05) is 24.1 Å². The maximum absolute atomic E-state index is 5.75. The Morgan fingerprint density at radius 1 is 1.24 bits per heavy atom. The van der Waals surface area contributed by atoms with Crippen molar-refractivity contribution in [1.82, 2.24) is 9.88 Å². The molecule has 3 N–H and O–H groups in total. The first-order chi connectivity index (χ1) is 8.33. The molecule has 17 heavy (non-hydrogen) atoms. The minimum atomic E-state index is 0.568. The summed E-state index contributed by atoms with van der Waals surface area (Å²) in [6, 6.07) is 3.25. The van der Waals surface area contributed by atoms with Crippen LogP contribution < -0.4 is 11.1 Å². The molecule has 0 amide bonds. The maximum atomic E-state index is 5.75. The van der Waals surface area contributed by atoms with Gasteiger partial charge in [-0.2, -0.15) is 0 Å². The molecule has 2 unspecified atom stereocenters. The SMILES string of the molecule is Nc1cncc(NC2CCN3CCCCC23)c1. The number of hydrogen-bond acceptors (Lipinski definition) is 4. The lowest BCUT2D eigenvalue weighted by Gasteiger charge is -2.32. The highest BCUT2D eigenvalue weighted by atomic mass is 15.2. The van der Waals surface area contributed by atoms with Crippen LogP contribution in [0.4, 0.5) is 11.4 Å². The van der Waals surface area contributed by atoms with Crippen molar-refractivity contribution >= 4 is 11.4 Å². The van der Waals surface area contributed by atoms with Gasteiger partial charge in [0, 0.05) is 24.8 Å². The van der Waals surface area contributed by atoms with Crippen LogP contribution in [0.15, 0.2) is 18.5 Å². The van der Waals surface area contributed by atoms with E-state index in [1.807, 2.05) is 12.3 Å². The fraction of sp³-hybridized carbons (Fsp3) is 0.615. The van der Waals surface area contributed by atoms with Gasteiger partial charge < -0.3 is 11.1 Å². The van der Waals surface area contributed by atoms with Crippen molar-refractivity contribution in [3.63, 3.8) is 0 Å². The average Bonchev–Trinajstić information content (AvgIpc) is 2.73. The molecule has 1 aromatic rings. The molecule has 2 saturated heterocycles. The van der Waals surface area contributed by atoms with Gasteiger partial charge in [-0.3, -0.25) is 9.88 Å². The lowest BCUT2D eigenvalue weighted by Crippen LogP contribution is -2.41. The van der Waals surface area contributed by atoms with E-state index in [0.717, 1.165) is 11.4 Å². The molecule has 2 aliphatic rings. The number of fused-ring (bicyclic) bond motifs is 1. The van der Waals surface area contributed by atoms with Crippen molar-refractivity contribution in [3.05, 3.63) is 18.5 Å². The maximum Gasteiger partial charge on any atom is 0.0550 e. The van der Waals surface area contributed by atoms with E-state index in [-0.39, 0.29) is 0 Å². The van der Waals surface area contributed by atoms with Crippen molar-refractivity contribution in [3.8, 4) is 0 Å². The van der Waals surface area contributed by atoms with E-state index in [1.54, 1.807) is 6.20 Å². The summed E-state index contributed by atoms with van der Waals surface area (Å²) in [5.74, 6) is 0. The van der Waals surface area contributed by atoms with Crippen molar-refractivity contribution in [1.29, 1.82) is 0 Å². The smallest absolute Gasteiger partial charge is 0.0550 e. The Labute approximate surface area is 102 Å². The van der Waals surface area contributed by atoms with Crippen LogP contribution in [-0.4, -0.2) is 35.1 Å². The zero-order valence-corrected chi connectivity index (χ0v) is 10.1. The zero-order valence-electron chi connectivity index (χ0n) is 10.1. The molecule has 2 atom stereocenters. The summed E-state index contributed by atoms with van der Waals surface area (Å²) < 4.78 is 0. The summed E-state index contributed by atoms with van der Waals surface area (Å²) in [6.07, 6.45) is 8.85. The van der Waals surface area contributed by atoms with E-state index < -0.39 is 0 Å². The van der Waals surface area contributed by atoms with Gasteiger partial charge >= 0.3 is 0 Å². The second-order valence-corrected chi connectivity index (χ2v) is 5.15. The summed E-state index contributed by atoms with van der Waals surface area (Å²) in [6.45, 7) is 2.51. The molecule has 3 rings (SSSR count). The van der Waals surface area contributed by atoms with Gasteiger partial charge in [-0.15, -0.1) is 0 Å². The summed E-state index contributed by atoms with van der Waals surface area (Å²) in [4.78, 5) is 6.76. The normalized spacial score (nSPS) is 28.9. The summed E-state index contributed by atoms with van der Waals surface area (Å²) >= 11 is 0. The first-order valence-electron chi connectivity index (χ1n) is 6.54. The molecule has 0 aliphatic carbocycles. The first-order valence-corrected chi connectivity index (χ1v) is 6.54. The second kappa shape index (κ2) is 4.53. The fourth-order valence-corrected chi connectivity index (χ4v) is 3.17. The molecular formula is C13H20N4.